The van der Waals surface area contributed by atoms with Gasteiger partial charge >= 0.3 is 0 Å². The fourth-order valence-corrected chi connectivity index (χ4v) is 4.48. The minimum atomic E-state index is -0.0510. The van der Waals surface area contributed by atoms with Gasteiger partial charge in [0.15, 0.2) is 10.9 Å². The summed E-state index contributed by atoms with van der Waals surface area (Å²) in [6, 6.07) is 13.4. The summed E-state index contributed by atoms with van der Waals surface area (Å²) in [5.41, 5.74) is 2.70. The van der Waals surface area contributed by atoms with Crippen LogP contribution in [0.3, 0.4) is 0 Å². The number of hydrogen-bond acceptors (Lipinski definition) is 6. The predicted octanol–water partition coefficient (Wildman–Crippen LogP) is 4.39. The summed E-state index contributed by atoms with van der Waals surface area (Å²) in [7, 11) is 1.59. The van der Waals surface area contributed by atoms with Crippen LogP contribution < -0.4 is 10.1 Å². The van der Waals surface area contributed by atoms with Gasteiger partial charge in [-0.25, -0.2) is 0 Å². The molecule has 9 heteroatoms. The van der Waals surface area contributed by atoms with E-state index in [4.69, 9.17) is 4.74 Å². The van der Waals surface area contributed by atoms with E-state index in [-0.39, 0.29) is 17.4 Å². The van der Waals surface area contributed by atoms with E-state index in [0.29, 0.717) is 29.4 Å². The Morgan fingerprint density at radius 2 is 1.91 bits per heavy atom. The summed E-state index contributed by atoms with van der Waals surface area (Å²) in [6.07, 6.45) is 1.40. The number of aryl methyl sites for hydroxylation is 2. The van der Waals surface area contributed by atoms with E-state index in [9.17, 15) is 9.59 Å². The average molecular weight is 517 g/mol. The molecule has 0 atom stereocenters. The van der Waals surface area contributed by atoms with Gasteiger partial charge in [-0.3, -0.25) is 14.2 Å². The maximum atomic E-state index is 12.8. The molecule has 0 bridgehead atoms. The van der Waals surface area contributed by atoms with E-state index >= 15 is 0 Å². The normalized spacial score (nSPS) is 10.8. The number of nitrogens with one attached hydrogen (secondary N) is 1. The van der Waals surface area contributed by atoms with Crippen molar-refractivity contribution in [3.8, 4) is 11.4 Å². The van der Waals surface area contributed by atoms with Crippen molar-refractivity contribution in [2.24, 2.45) is 0 Å². The molecule has 0 aliphatic carbocycles. The molecule has 0 radical (unpaired) electrons. The molecule has 32 heavy (non-hydrogen) atoms. The van der Waals surface area contributed by atoms with E-state index in [2.05, 4.69) is 31.4 Å². The number of methoxy groups -OCH3 is 1. The summed E-state index contributed by atoms with van der Waals surface area (Å²) in [5, 5.41) is 12.2. The second-order valence-corrected chi connectivity index (χ2v) is 9.01. The Hall–Kier alpha value is -2.65. The highest BCUT2D eigenvalue weighted by atomic mass is 79.9. The van der Waals surface area contributed by atoms with Crippen LogP contribution in [0.5, 0.6) is 5.75 Å². The lowest BCUT2D eigenvalue weighted by molar-refractivity contribution is -0.118. The Kier molecular flexibility index (Phi) is 8.46. The molecular weight excluding hydrogens is 492 g/mol. The molecule has 2 aromatic carbocycles. The van der Waals surface area contributed by atoms with Gasteiger partial charge in [0, 0.05) is 31.1 Å². The summed E-state index contributed by atoms with van der Waals surface area (Å²) in [6.45, 7) is 4.11. The van der Waals surface area contributed by atoms with Crippen molar-refractivity contribution in [3.05, 3.63) is 63.9 Å². The number of nitrogens with zero attached hydrogens (tertiary/aromatic N) is 3. The summed E-state index contributed by atoms with van der Waals surface area (Å²) >= 11 is 4.78. The van der Waals surface area contributed by atoms with Gasteiger partial charge in [0.2, 0.25) is 5.91 Å². The van der Waals surface area contributed by atoms with E-state index in [1.807, 2.05) is 35.8 Å². The molecule has 7 nitrogen and oxygen atoms in total. The van der Waals surface area contributed by atoms with Crippen molar-refractivity contribution in [1.82, 2.24) is 20.1 Å². The van der Waals surface area contributed by atoms with Gasteiger partial charge in [-0.1, -0.05) is 29.5 Å². The van der Waals surface area contributed by atoms with Crippen LogP contribution in [0.2, 0.25) is 0 Å². The zero-order valence-electron chi connectivity index (χ0n) is 18.2. The number of amides is 1. The van der Waals surface area contributed by atoms with Gasteiger partial charge in [0.05, 0.1) is 17.3 Å². The van der Waals surface area contributed by atoms with Gasteiger partial charge in [-0.05, 0) is 59.6 Å². The molecule has 1 heterocycles. The zero-order valence-corrected chi connectivity index (χ0v) is 20.6. The molecular formula is C23H25BrN4O3S. The molecule has 168 valence electrons. The lowest BCUT2D eigenvalue weighted by Gasteiger charge is -2.11. The first-order valence-electron chi connectivity index (χ1n) is 10.1. The van der Waals surface area contributed by atoms with E-state index in [0.717, 1.165) is 28.0 Å². The van der Waals surface area contributed by atoms with Crippen LogP contribution >= 0.6 is 27.7 Å². The first-order chi connectivity index (χ1) is 15.4. The van der Waals surface area contributed by atoms with Crippen LogP contribution in [0.25, 0.3) is 5.69 Å². The number of thioether (sulfide) groups is 1. The third-order valence-electron chi connectivity index (χ3n) is 4.75. The number of ether oxygens (including phenoxy) is 1. The van der Waals surface area contributed by atoms with Crippen molar-refractivity contribution < 1.29 is 14.3 Å². The maximum absolute atomic E-state index is 12.8. The standard InChI is InChI=1S/C23H25BrN4O3S/c1-15-6-9-18(10-7-15)28-22(5-4-12-25-16(2)29)26-27-23(28)32-14-20(30)17-8-11-21(31-3)19(24)13-17/h6-11,13H,4-5,12,14H2,1-3H3,(H,25,29). The molecule has 3 aromatic rings. The molecule has 0 saturated heterocycles. The number of ketones is 1. The molecule has 0 fully saturated rings. The van der Waals surface area contributed by atoms with Crippen LogP contribution in [0.15, 0.2) is 52.1 Å². The molecule has 0 unspecified atom stereocenters. The van der Waals surface area contributed by atoms with Crippen molar-refractivity contribution in [3.63, 3.8) is 0 Å². The molecule has 1 N–H and O–H groups in total. The van der Waals surface area contributed by atoms with Crippen molar-refractivity contribution >= 4 is 39.4 Å². The number of rotatable bonds is 10. The molecule has 0 spiro atoms. The third kappa shape index (κ3) is 6.20. The highest BCUT2D eigenvalue weighted by Gasteiger charge is 2.17. The zero-order chi connectivity index (χ0) is 23.1. The Labute approximate surface area is 200 Å². The summed E-state index contributed by atoms with van der Waals surface area (Å²) in [4.78, 5) is 23.9. The Bertz CT molecular complexity index is 1100. The number of benzene rings is 2. The second-order valence-electron chi connectivity index (χ2n) is 7.22. The fourth-order valence-electron chi connectivity index (χ4n) is 3.07. The summed E-state index contributed by atoms with van der Waals surface area (Å²) in [5.74, 6) is 1.64. The lowest BCUT2D eigenvalue weighted by Crippen LogP contribution is -2.21. The Morgan fingerprint density at radius 3 is 2.56 bits per heavy atom. The van der Waals surface area contributed by atoms with Crippen LogP contribution in [0.1, 0.15) is 35.1 Å². The molecule has 0 aliphatic rings. The minimum absolute atomic E-state index is 0.0102. The van der Waals surface area contributed by atoms with Crippen molar-refractivity contribution in [1.29, 1.82) is 0 Å². The Balaban J connectivity index is 1.77. The molecule has 1 aromatic heterocycles. The van der Waals surface area contributed by atoms with Gasteiger partial charge in [-0.15, -0.1) is 10.2 Å². The Morgan fingerprint density at radius 1 is 1.16 bits per heavy atom. The lowest BCUT2D eigenvalue weighted by atomic mass is 10.1. The SMILES string of the molecule is COc1ccc(C(=O)CSc2nnc(CCCNC(C)=O)n2-c2ccc(C)cc2)cc1Br. The topological polar surface area (TPSA) is 86.1 Å². The van der Waals surface area contributed by atoms with Gasteiger partial charge in [-0.2, -0.15) is 0 Å². The van der Waals surface area contributed by atoms with Gasteiger partial charge < -0.3 is 10.1 Å². The smallest absolute Gasteiger partial charge is 0.216 e. The monoisotopic (exact) mass is 516 g/mol. The number of carbonyl (C=O) groups excluding carboxylic acids is 2. The van der Waals surface area contributed by atoms with Crippen LogP contribution in [0.4, 0.5) is 0 Å². The average Bonchev–Trinajstić information content (AvgIpc) is 3.18. The molecule has 1 amide bonds. The van der Waals surface area contributed by atoms with E-state index in [1.165, 1.54) is 18.7 Å². The quantitative estimate of drug-likeness (QED) is 0.244. The van der Waals surface area contributed by atoms with Crippen LogP contribution in [-0.2, 0) is 11.2 Å². The predicted molar refractivity (Wildman–Crippen MR) is 129 cm³/mol. The minimum Gasteiger partial charge on any atom is -0.496 e. The number of carbonyl (C=O) groups is 2. The highest BCUT2D eigenvalue weighted by Crippen LogP contribution is 2.28. The van der Waals surface area contributed by atoms with Gasteiger partial charge in [0.1, 0.15) is 11.6 Å². The van der Waals surface area contributed by atoms with Crippen molar-refractivity contribution in [2.45, 2.75) is 31.8 Å². The maximum Gasteiger partial charge on any atom is 0.216 e. The second kappa shape index (κ2) is 11.3. The van der Waals surface area contributed by atoms with Gasteiger partial charge in [0.25, 0.3) is 0 Å². The fraction of sp³-hybridized carbons (Fsp3) is 0.304. The highest BCUT2D eigenvalue weighted by molar-refractivity contribution is 9.10. The largest absolute Gasteiger partial charge is 0.496 e. The van der Waals surface area contributed by atoms with E-state index in [1.54, 1.807) is 25.3 Å². The van der Waals surface area contributed by atoms with Crippen molar-refractivity contribution in [2.75, 3.05) is 19.4 Å². The number of Topliss-reactive ketones (excluding diaryl/α,β-unsaturated/α-hetero) is 1. The van der Waals surface area contributed by atoms with Crippen LogP contribution in [0, 0.1) is 6.92 Å². The first kappa shape index (κ1) is 24.0. The number of halogens is 1. The molecule has 0 aliphatic heterocycles. The number of aromatic nitrogens is 3. The first-order valence-corrected chi connectivity index (χ1v) is 11.9. The van der Waals surface area contributed by atoms with Crippen LogP contribution in [-0.4, -0.2) is 45.9 Å². The third-order valence-corrected chi connectivity index (χ3v) is 6.30. The molecule has 0 saturated carbocycles. The van der Waals surface area contributed by atoms with E-state index < -0.39 is 0 Å². The number of hydrogen-bond donors (Lipinski definition) is 1. The summed E-state index contributed by atoms with van der Waals surface area (Å²) < 4.78 is 7.95. The molecule has 3 rings (SSSR count).